The molecule has 6 nitrogen and oxygen atoms in total. The fraction of sp³-hybridized carbons (Fsp3) is 0.211. The highest BCUT2D eigenvalue weighted by Crippen LogP contribution is 2.21. The lowest BCUT2D eigenvalue weighted by Gasteiger charge is -2.10. The first kappa shape index (κ1) is 16.7. The summed E-state index contributed by atoms with van der Waals surface area (Å²) in [6.07, 6.45) is 1.45. The molecule has 3 rings (SSSR count). The van der Waals surface area contributed by atoms with Crippen molar-refractivity contribution in [1.82, 2.24) is 14.8 Å². The zero-order valence-corrected chi connectivity index (χ0v) is 14.4. The van der Waals surface area contributed by atoms with E-state index in [1.165, 1.54) is 17.8 Å². The van der Waals surface area contributed by atoms with E-state index in [0.29, 0.717) is 5.56 Å². The number of nitrogens with one attached hydrogen (secondary N) is 1. The standard InChI is InChI=1S/C19H19N3O3/c1-12-4-6-15(7-5-12)22-13(2)10-16(14(22)3)18(23)11-25-19(24)17-8-9-20-21-17/h4-10H,11H2,1-3H3,(H,20,21). The molecule has 128 valence electrons. The highest BCUT2D eigenvalue weighted by atomic mass is 16.5. The Morgan fingerprint density at radius 3 is 2.48 bits per heavy atom. The quantitative estimate of drug-likeness (QED) is 0.573. The minimum absolute atomic E-state index is 0.220. The summed E-state index contributed by atoms with van der Waals surface area (Å²) < 4.78 is 7.08. The van der Waals surface area contributed by atoms with Gasteiger partial charge < -0.3 is 9.30 Å². The second-order valence-electron chi connectivity index (χ2n) is 5.93. The van der Waals surface area contributed by atoms with Crippen molar-refractivity contribution < 1.29 is 14.3 Å². The molecule has 1 N–H and O–H groups in total. The zero-order chi connectivity index (χ0) is 18.0. The highest BCUT2D eigenvalue weighted by Gasteiger charge is 2.19. The van der Waals surface area contributed by atoms with Gasteiger partial charge in [0.05, 0.1) is 0 Å². The second-order valence-corrected chi connectivity index (χ2v) is 5.93. The largest absolute Gasteiger partial charge is 0.453 e. The Kier molecular flexibility index (Phi) is 4.52. The molecular formula is C19H19N3O3. The third kappa shape index (κ3) is 3.38. The number of hydrogen-bond acceptors (Lipinski definition) is 4. The molecule has 0 saturated carbocycles. The summed E-state index contributed by atoms with van der Waals surface area (Å²) >= 11 is 0. The number of rotatable bonds is 5. The average Bonchev–Trinajstić information content (AvgIpc) is 3.22. The monoisotopic (exact) mass is 337 g/mol. The Labute approximate surface area is 145 Å². The first-order chi connectivity index (χ1) is 12.0. The fourth-order valence-corrected chi connectivity index (χ4v) is 2.79. The van der Waals surface area contributed by atoms with Gasteiger partial charge in [0.15, 0.2) is 6.61 Å². The number of aryl methyl sites for hydroxylation is 2. The van der Waals surface area contributed by atoms with Gasteiger partial charge in [-0.15, -0.1) is 0 Å². The number of carbonyl (C=O) groups excluding carboxylic acids is 2. The van der Waals surface area contributed by atoms with E-state index in [2.05, 4.69) is 10.2 Å². The van der Waals surface area contributed by atoms with Crippen molar-refractivity contribution in [2.45, 2.75) is 20.8 Å². The van der Waals surface area contributed by atoms with Crippen LogP contribution in [0.4, 0.5) is 0 Å². The summed E-state index contributed by atoms with van der Waals surface area (Å²) in [4.78, 5) is 24.3. The molecule has 0 amide bonds. The Morgan fingerprint density at radius 1 is 1.12 bits per heavy atom. The van der Waals surface area contributed by atoms with Crippen LogP contribution >= 0.6 is 0 Å². The number of esters is 1. The van der Waals surface area contributed by atoms with Crippen LogP contribution in [0.2, 0.25) is 0 Å². The van der Waals surface area contributed by atoms with Crippen molar-refractivity contribution in [2.24, 2.45) is 0 Å². The number of aromatic amines is 1. The molecule has 2 aromatic heterocycles. The lowest BCUT2D eigenvalue weighted by atomic mass is 10.1. The van der Waals surface area contributed by atoms with Crippen LogP contribution in [-0.2, 0) is 4.74 Å². The van der Waals surface area contributed by atoms with Crippen molar-refractivity contribution in [1.29, 1.82) is 0 Å². The molecule has 0 radical (unpaired) electrons. The van der Waals surface area contributed by atoms with Gasteiger partial charge >= 0.3 is 5.97 Å². The normalized spacial score (nSPS) is 10.7. The summed E-state index contributed by atoms with van der Waals surface area (Å²) in [5.41, 5.74) is 4.71. The summed E-state index contributed by atoms with van der Waals surface area (Å²) in [5, 5.41) is 6.19. The first-order valence-electron chi connectivity index (χ1n) is 7.93. The molecule has 0 fully saturated rings. The molecule has 0 aliphatic heterocycles. The molecule has 0 aliphatic carbocycles. The van der Waals surface area contributed by atoms with E-state index < -0.39 is 5.97 Å². The van der Waals surface area contributed by atoms with Crippen LogP contribution in [0.1, 0.15) is 37.8 Å². The number of hydrogen-bond donors (Lipinski definition) is 1. The summed E-state index contributed by atoms with van der Waals surface area (Å²) in [5.74, 6) is -0.836. The van der Waals surface area contributed by atoms with Crippen LogP contribution in [0, 0.1) is 20.8 Å². The number of Topliss-reactive ketones (excluding diaryl/α,β-unsaturated/α-hetero) is 1. The van der Waals surface area contributed by atoms with Crippen molar-refractivity contribution >= 4 is 11.8 Å². The van der Waals surface area contributed by atoms with Gasteiger partial charge in [-0.05, 0) is 45.0 Å². The second kappa shape index (κ2) is 6.76. The lowest BCUT2D eigenvalue weighted by molar-refractivity contribution is 0.0468. The van der Waals surface area contributed by atoms with Crippen LogP contribution in [-0.4, -0.2) is 33.1 Å². The number of ether oxygens (including phenoxy) is 1. The predicted octanol–water partition coefficient (Wildman–Crippen LogP) is 3.17. The van der Waals surface area contributed by atoms with E-state index in [1.54, 1.807) is 0 Å². The molecule has 0 unspecified atom stereocenters. The predicted molar refractivity (Wildman–Crippen MR) is 93.2 cm³/mol. The van der Waals surface area contributed by atoms with Gasteiger partial charge in [0, 0.05) is 28.8 Å². The van der Waals surface area contributed by atoms with E-state index in [1.807, 2.05) is 55.7 Å². The Balaban J connectivity index is 1.78. The molecule has 1 aromatic carbocycles. The van der Waals surface area contributed by atoms with Crippen LogP contribution in [0.5, 0.6) is 0 Å². The summed E-state index contributed by atoms with van der Waals surface area (Å²) in [6.45, 7) is 5.55. The molecule has 0 saturated heterocycles. The van der Waals surface area contributed by atoms with Gasteiger partial charge in [0.25, 0.3) is 0 Å². The van der Waals surface area contributed by atoms with Crippen molar-refractivity contribution in [3.8, 4) is 5.69 Å². The number of carbonyl (C=O) groups is 2. The van der Waals surface area contributed by atoms with Gasteiger partial charge in [0.1, 0.15) is 5.69 Å². The minimum Gasteiger partial charge on any atom is -0.453 e. The lowest BCUT2D eigenvalue weighted by Crippen LogP contribution is -2.15. The molecule has 0 aliphatic rings. The maximum Gasteiger partial charge on any atom is 0.356 e. The summed E-state index contributed by atoms with van der Waals surface area (Å²) in [6, 6.07) is 11.4. The Bertz CT molecular complexity index is 906. The van der Waals surface area contributed by atoms with Crippen LogP contribution < -0.4 is 0 Å². The van der Waals surface area contributed by atoms with Gasteiger partial charge in [-0.2, -0.15) is 5.10 Å². The van der Waals surface area contributed by atoms with Crippen molar-refractivity contribution in [2.75, 3.05) is 6.61 Å². The molecule has 2 heterocycles. The summed E-state index contributed by atoms with van der Waals surface area (Å²) in [7, 11) is 0. The number of nitrogens with zero attached hydrogens (tertiary/aromatic N) is 2. The maximum atomic E-state index is 12.5. The first-order valence-corrected chi connectivity index (χ1v) is 7.93. The van der Waals surface area contributed by atoms with Gasteiger partial charge in [-0.3, -0.25) is 9.89 Å². The number of ketones is 1. The van der Waals surface area contributed by atoms with Gasteiger partial charge in [-0.25, -0.2) is 4.79 Å². The van der Waals surface area contributed by atoms with Gasteiger partial charge in [0.2, 0.25) is 5.78 Å². The fourth-order valence-electron chi connectivity index (χ4n) is 2.79. The van der Waals surface area contributed by atoms with Crippen LogP contribution in [0.15, 0.2) is 42.6 Å². The topological polar surface area (TPSA) is 77.0 Å². The minimum atomic E-state index is -0.599. The number of aromatic nitrogens is 3. The van der Waals surface area contributed by atoms with Crippen LogP contribution in [0.25, 0.3) is 5.69 Å². The van der Waals surface area contributed by atoms with E-state index >= 15 is 0 Å². The third-order valence-corrected chi connectivity index (χ3v) is 4.08. The van der Waals surface area contributed by atoms with E-state index in [9.17, 15) is 9.59 Å². The Hall–Kier alpha value is -3.15. The van der Waals surface area contributed by atoms with Crippen molar-refractivity contribution in [3.63, 3.8) is 0 Å². The molecular weight excluding hydrogens is 318 g/mol. The third-order valence-electron chi connectivity index (χ3n) is 4.08. The molecule has 6 heteroatoms. The van der Waals surface area contributed by atoms with Gasteiger partial charge in [-0.1, -0.05) is 17.7 Å². The average molecular weight is 337 g/mol. The van der Waals surface area contributed by atoms with E-state index in [0.717, 1.165) is 17.1 Å². The van der Waals surface area contributed by atoms with E-state index in [4.69, 9.17) is 4.74 Å². The molecule has 0 bridgehead atoms. The Morgan fingerprint density at radius 2 is 1.84 bits per heavy atom. The smallest absolute Gasteiger partial charge is 0.356 e. The zero-order valence-electron chi connectivity index (χ0n) is 14.4. The van der Waals surface area contributed by atoms with Crippen LogP contribution in [0.3, 0.4) is 0 Å². The van der Waals surface area contributed by atoms with Crippen molar-refractivity contribution in [3.05, 3.63) is 70.8 Å². The SMILES string of the molecule is Cc1ccc(-n2c(C)cc(C(=O)COC(=O)c3ccn[nH]3)c2C)cc1. The number of H-pyrrole nitrogens is 1. The molecule has 0 spiro atoms. The van der Waals surface area contributed by atoms with E-state index in [-0.39, 0.29) is 18.1 Å². The maximum absolute atomic E-state index is 12.5. The molecule has 3 aromatic rings. The number of benzene rings is 1. The highest BCUT2D eigenvalue weighted by molar-refractivity contribution is 6.00. The molecule has 0 atom stereocenters. The molecule has 25 heavy (non-hydrogen) atoms.